The van der Waals surface area contributed by atoms with Gasteiger partial charge in [-0.2, -0.15) is 0 Å². The van der Waals surface area contributed by atoms with Crippen LogP contribution in [0.2, 0.25) is 0 Å². The molecule has 2 aromatic heterocycles. The normalized spacial score (nSPS) is 10.8. The van der Waals surface area contributed by atoms with Crippen molar-refractivity contribution in [3.8, 4) is 0 Å². The number of carbonyl (C=O) groups is 1. The smallest absolute Gasteiger partial charge is 0.279 e. The molecule has 1 N–H and O–H groups in total. The Morgan fingerprint density at radius 3 is 2.80 bits per heavy atom. The number of carbonyl (C=O) groups excluding carboxylic acids is 1. The van der Waals surface area contributed by atoms with Crippen molar-refractivity contribution in [2.45, 2.75) is 6.92 Å². The molecule has 0 spiro atoms. The molecule has 0 aliphatic rings. The fraction of sp³-hybridized carbons (Fsp3) is 0.0714. The average Bonchev–Trinajstić information content (AvgIpc) is 3.03. The Hall–Kier alpha value is -2.89. The fourth-order valence-corrected chi connectivity index (χ4v) is 2.22. The molecule has 3 rings (SSSR count). The maximum absolute atomic E-state index is 12.4. The molecular weight excluding hydrogens is 260 g/mol. The molecular formula is C14H10N2O4. The Morgan fingerprint density at radius 2 is 2.15 bits per heavy atom. The summed E-state index contributed by atoms with van der Waals surface area (Å²) in [5, 5.41) is 11.4. The van der Waals surface area contributed by atoms with E-state index >= 15 is 0 Å². The van der Waals surface area contributed by atoms with E-state index < -0.39 is 4.92 Å². The van der Waals surface area contributed by atoms with E-state index in [0.717, 1.165) is 0 Å². The lowest BCUT2D eigenvalue weighted by molar-refractivity contribution is -0.383. The van der Waals surface area contributed by atoms with Crippen molar-refractivity contribution < 1.29 is 14.1 Å². The van der Waals surface area contributed by atoms with E-state index in [0.29, 0.717) is 16.5 Å². The molecule has 0 aliphatic carbocycles. The fourth-order valence-electron chi connectivity index (χ4n) is 2.22. The Labute approximate surface area is 113 Å². The number of aryl methyl sites for hydroxylation is 1. The van der Waals surface area contributed by atoms with Crippen molar-refractivity contribution in [3.63, 3.8) is 0 Å². The average molecular weight is 270 g/mol. The number of H-pyrrole nitrogens is 1. The highest BCUT2D eigenvalue weighted by molar-refractivity contribution is 6.17. The van der Waals surface area contributed by atoms with Crippen molar-refractivity contribution in [2.24, 2.45) is 0 Å². The summed E-state index contributed by atoms with van der Waals surface area (Å²) in [7, 11) is 0. The molecule has 6 heteroatoms. The topological polar surface area (TPSA) is 89.1 Å². The van der Waals surface area contributed by atoms with Crippen molar-refractivity contribution in [1.29, 1.82) is 0 Å². The van der Waals surface area contributed by atoms with Gasteiger partial charge in [0.25, 0.3) is 5.69 Å². The zero-order valence-corrected chi connectivity index (χ0v) is 10.5. The second-order valence-corrected chi connectivity index (χ2v) is 4.42. The third-order valence-electron chi connectivity index (χ3n) is 3.19. The number of nitro groups is 1. The van der Waals surface area contributed by atoms with E-state index in [1.54, 1.807) is 25.1 Å². The predicted molar refractivity (Wildman–Crippen MR) is 71.8 cm³/mol. The van der Waals surface area contributed by atoms with Crippen molar-refractivity contribution in [2.75, 3.05) is 0 Å². The summed E-state index contributed by atoms with van der Waals surface area (Å²) in [4.78, 5) is 25.9. The first kappa shape index (κ1) is 12.2. The summed E-state index contributed by atoms with van der Waals surface area (Å²) < 4.78 is 5.17. The largest absolute Gasteiger partial charge is 0.461 e. The molecule has 0 fully saturated rings. The lowest BCUT2D eigenvalue weighted by Gasteiger charge is -1.99. The number of fused-ring (bicyclic) bond motifs is 1. The Balaban J connectivity index is 2.25. The highest BCUT2D eigenvalue weighted by atomic mass is 16.6. The van der Waals surface area contributed by atoms with Gasteiger partial charge in [-0.05, 0) is 24.6 Å². The van der Waals surface area contributed by atoms with Crippen LogP contribution in [0, 0.1) is 17.0 Å². The maximum atomic E-state index is 12.4. The van der Waals surface area contributed by atoms with E-state index in [4.69, 9.17) is 4.42 Å². The van der Waals surface area contributed by atoms with Crippen LogP contribution in [0.4, 0.5) is 5.69 Å². The highest BCUT2D eigenvalue weighted by Crippen LogP contribution is 2.30. The molecule has 0 amide bonds. The Kier molecular flexibility index (Phi) is 2.64. The van der Waals surface area contributed by atoms with Crippen LogP contribution in [0.15, 0.2) is 41.1 Å². The minimum atomic E-state index is -0.498. The number of ketones is 1. The van der Waals surface area contributed by atoms with E-state index in [1.807, 2.05) is 0 Å². The summed E-state index contributed by atoms with van der Waals surface area (Å²) in [5.74, 6) is -0.169. The molecule has 0 saturated heterocycles. The van der Waals surface area contributed by atoms with E-state index in [9.17, 15) is 14.9 Å². The van der Waals surface area contributed by atoms with Gasteiger partial charge in [-0.1, -0.05) is 6.07 Å². The van der Waals surface area contributed by atoms with E-state index in [1.165, 1.54) is 18.5 Å². The Bertz CT molecular complexity index is 829. The van der Waals surface area contributed by atoms with Gasteiger partial charge in [0.15, 0.2) is 5.76 Å². The monoisotopic (exact) mass is 270 g/mol. The van der Waals surface area contributed by atoms with Crippen LogP contribution in [-0.2, 0) is 0 Å². The van der Waals surface area contributed by atoms with Crippen LogP contribution in [0.25, 0.3) is 10.9 Å². The standard InChI is InChI=1S/C14H10N2O4/c1-8-5-6-20-14(8)13(17)9-7-15-10-3-2-4-11(12(9)10)16(18)19/h2-7,15H,1H3. The second-order valence-electron chi connectivity index (χ2n) is 4.42. The summed E-state index contributed by atoms with van der Waals surface area (Å²) in [6.07, 6.45) is 2.90. The predicted octanol–water partition coefficient (Wildman–Crippen LogP) is 3.21. The van der Waals surface area contributed by atoms with Crippen molar-refractivity contribution in [1.82, 2.24) is 4.98 Å². The van der Waals surface area contributed by atoms with Gasteiger partial charge < -0.3 is 9.40 Å². The summed E-state index contributed by atoms with van der Waals surface area (Å²) in [5.41, 5.74) is 1.39. The number of aromatic nitrogens is 1. The molecule has 0 atom stereocenters. The van der Waals surface area contributed by atoms with Gasteiger partial charge in [0.1, 0.15) is 0 Å². The van der Waals surface area contributed by atoms with Gasteiger partial charge in [-0.3, -0.25) is 14.9 Å². The molecule has 6 nitrogen and oxygen atoms in total. The number of nitrogens with zero attached hydrogens (tertiary/aromatic N) is 1. The van der Waals surface area contributed by atoms with Crippen LogP contribution < -0.4 is 0 Å². The quantitative estimate of drug-likeness (QED) is 0.449. The summed E-state index contributed by atoms with van der Waals surface area (Å²) >= 11 is 0. The molecule has 100 valence electrons. The summed E-state index contributed by atoms with van der Waals surface area (Å²) in [6, 6.07) is 6.32. The third kappa shape index (κ3) is 1.70. The van der Waals surface area contributed by atoms with Gasteiger partial charge in [0.05, 0.1) is 27.7 Å². The number of nitrogens with one attached hydrogen (secondary N) is 1. The molecule has 0 unspecified atom stereocenters. The first-order valence-corrected chi connectivity index (χ1v) is 5.93. The SMILES string of the molecule is Cc1ccoc1C(=O)c1c[nH]c2cccc([N+](=O)[O-])c12. The lowest BCUT2D eigenvalue weighted by Crippen LogP contribution is -2.01. The van der Waals surface area contributed by atoms with Crippen LogP contribution in [-0.4, -0.2) is 15.7 Å². The van der Waals surface area contributed by atoms with Crippen LogP contribution in [0.1, 0.15) is 21.7 Å². The molecule has 3 aromatic rings. The van der Waals surface area contributed by atoms with E-state index in [2.05, 4.69) is 4.98 Å². The van der Waals surface area contributed by atoms with Crippen molar-refractivity contribution in [3.05, 3.63) is 63.7 Å². The number of furan rings is 1. The lowest BCUT2D eigenvalue weighted by atomic mass is 10.0. The van der Waals surface area contributed by atoms with Gasteiger partial charge >= 0.3 is 0 Å². The molecule has 0 radical (unpaired) electrons. The molecule has 1 aromatic carbocycles. The van der Waals surface area contributed by atoms with Gasteiger partial charge in [-0.15, -0.1) is 0 Å². The van der Waals surface area contributed by atoms with E-state index in [-0.39, 0.29) is 22.8 Å². The number of rotatable bonds is 3. The van der Waals surface area contributed by atoms with Gasteiger partial charge in [-0.25, -0.2) is 0 Å². The van der Waals surface area contributed by atoms with Gasteiger partial charge in [0.2, 0.25) is 5.78 Å². The minimum absolute atomic E-state index is 0.101. The molecule has 0 saturated carbocycles. The van der Waals surface area contributed by atoms with Crippen LogP contribution >= 0.6 is 0 Å². The first-order chi connectivity index (χ1) is 9.59. The van der Waals surface area contributed by atoms with Crippen molar-refractivity contribution >= 4 is 22.4 Å². The highest BCUT2D eigenvalue weighted by Gasteiger charge is 2.24. The number of hydrogen-bond acceptors (Lipinski definition) is 4. The minimum Gasteiger partial charge on any atom is -0.461 e. The zero-order valence-electron chi connectivity index (χ0n) is 10.5. The molecule has 20 heavy (non-hydrogen) atoms. The van der Waals surface area contributed by atoms with Crippen LogP contribution in [0.3, 0.4) is 0 Å². The second kappa shape index (κ2) is 4.34. The molecule has 0 bridgehead atoms. The summed E-state index contributed by atoms with van der Waals surface area (Å²) in [6.45, 7) is 1.75. The molecule has 2 heterocycles. The zero-order chi connectivity index (χ0) is 14.3. The Morgan fingerprint density at radius 1 is 1.35 bits per heavy atom. The first-order valence-electron chi connectivity index (χ1n) is 5.93. The number of benzene rings is 1. The number of aromatic amines is 1. The maximum Gasteiger partial charge on any atom is 0.279 e. The third-order valence-corrected chi connectivity index (χ3v) is 3.19. The van der Waals surface area contributed by atoms with Gasteiger partial charge in [0, 0.05) is 12.3 Å². The number of hydrogen-bond donors (Lipinski definition) is 1. The van der Waals surface area contributed by atoms with Crippen LogP contribution in [0.5, 0.6) is 0 Å². The number of non-ortho nitro benzene ring substituents is 1. The number of nitro benzene ring substituents is 1. The molecule has 0 aliphatic heterocycles.